The molecule has 1 unspecified atom stereocenters. The fourth-order valence-electron chi connectivity index (χ4n) is 4.33. The molecule has 2 heterocycles. The van der Waals surface area contributed by atoms with Crippen LogP contribution in [0, 0.1) is 12.8 Å². The summed E-state index contributed by atoms with van der Waals surface area (Å²) in [6.07, 6.45) is 2.01. The molecular formula is C25H25ClN4O4. The minimum absolute atomic E-state index is 0.0672. The summed E-state index contributed by atoms with van der Waals surface area (Å²) in [6.45, 7) is 2.48. The number of anilines is 1. The minimum atomic E-state index is -0.440. The first-order chi connectivity index (χ1) is 16.4. The maximum Gasteiger partial charge on any atom is 0.249 e. The largest absolute Gasteiger partial charge is 0.495 e. The Labute approximate surface area is 202 Å². The van der Waals surface area contributed by atoms with Crippen LogP contribution in [-0.4, -0.2) is 46.6 Å². The number of rotatable bonds is 7. The smallest absolute Gasteiger partial charge is 0.249 e. The van der Waals surface area contributed by atoms with Gasteiger partial charge in [-0.25, -0.2) is 0 Å². The van der Waals surface area contributed by atoms with Gasteiger partial charge >= 0.3 is 0 Å². The number of ether oxygens (including phenoxy) is 1. The Morgan fingerprint density at radius 1 is 1.24 bits per heavy atom. The van der Waals surface area contributed by atoms with Crippen LogP contribution in [0.5, 0.6) is 5.75 Å². The number of methoxy groups -OCH3 is 1. The van der Waals surface area contributed by atoms with Crippen LogP contribution in [0.3, 0.4) is 0 Å². The van der Waals surface area contributed by atoms with Crippen molar-refractivity contribution in [3.05, 3.63) is 58.9 Å². The van der Waals surface area contributed by atoms with Gasteiger partial charge in [0.05, 0.1) is 35.8 Å². The topological polar surface area (TPSA) is 88.8 Å². The Hall–Kier alpha value is -3.39. The molecule has 34 heavy (non-hydrogen) atoms. The van der Waals surface area contributed by atoms with Crippen molar-refractivity contribution < 1.29 is 18.7 Å². The van der Waals surface area contributed by atoms with Gasteiger partial charge in [0.25, 0.3) is 0 Å². The van der Waals surface area contributed by atoms with E-state index in [1.165, 1.54) is 0 Å². The molecule has 0 N–H and O–H groups in total. The first-order valence-electron chi connectivity index (χ1n) is 11.3. The molecule has 0 radical (unpaired) electrons. The molecule has 1 aliphatic carbocycles. The van der Waals surface area contributed by atoms with Crippen LogP contribution in [0.1, 0.15) is 30.7 Å². The molecule has 1 aromatic heterocycles. The SMILES string of the molecule is COc1ccc(C)cc1N1CC(C(=O)N(Cc2nnc(-c3ccccc3Cl)o2)C2CC2)CC1=O. The molecule has 9 heteroatoms. The molecule has 2 aliphatic rings. The van der Waals surface area contributed by atoms with E-state index in [1.807, 2.05) is 43.3 Å². The zero-order valence-corrected chi connectivity index (χ0v) is 19.8. The summed E-state index contributed by atoms with van der Waals surface area (Å²) >= 11 is 6.24. The van der Waals surface area contributed by atoms with Gasteiger partial charge in [0, 0.05) is 19.0 Å². The van der Waals surface area contributed by atoms with Gasteiger partial charge in [0.2, 0.25) is 23.6 Å². The Morgan fingerprint density at radius 3 is 2.76 bits per heavy atom. The van der Waals surface area contributed by atoms with Crippen molar-refractivity contribution in [1.82, 2.24) is 15.1 Å². The summed E-state index contributed by atoms with van der Waals surface area (Å²) < 4.78 is 11.3. The molecule has 2 aromatic carbocycles. The van der Waals surface area contributed by atoms with Gasteiger partial charge in [0.1, 0.15) is 5.75 Å². The second kappa shape index (κ2) is 9.10. The number of hydrogen-bond donors (Lipinski definition) is 0. The lowest BCUT2D eigenvalue weighted by molar-refractivity contribution is -0.137. The molecule has 0 bridgehead atoms. The Kier molecular flexibility index (Phi) is 6.00. The lowest BCUT2D eigenvalue weighted by Crippen LogP contribution is -2.38. The summed E-state index contributed by atoms with van der Waals surface area (Å²) in [5.74, 6) is 0.682. The first kappa shape index (κ1) is 22.4. The van der Waals surface area contributed by atoms with E-state index in [0.29, 0.717) is 40.3 Å². The number of amides is 2. The predicted molar refractivity (Wildman–Crippen MR) is 127 cm³/mol. The molecule has 8 nitrogen and oxygen atoms in total. The maximum atomic E-state index is 13.5. The van der Waals surface area contributed by atoms with Crippen molar-refractivity contribution in [3.8, 4) is 17.2 Å². The van der Waals surface area contributed by atoms with Gasteiger partial charge in [-0.2, -0.15) is 0 Å². The Bertz CT molecular complexity index is 1240. The summed E-state index contributed by atoms with van der Waals surface area (Å²) in [4.78, 5) is 29.8. The molecule has 5 rings (SSSR count). The highest BCUT2D eigenvalue weighted by molar-refractivity contribution is 6.33. The second-order valence-corrected chi connectivity index (χ2v) is 9.17. The van der Waals surface area contributed by atoms with Crippen molar-refractivity contribution in [2.75, 3.05) is 18.6 Å². The van der Waals surface area contributed by atoms with Crippen molar-refractivity contribution in [2.24, 2.45) is 5.92 Å². The van der Waals surface area contributed by atoms with Crippen LogP contribution in [0.15, 0.2) is 46.9 Å². The maximum absolute atomic E-state index is 13.5. The van der Waals surface area contributed by atoms with Crippen LogP contribution in [0.4, 0.5) is 5.69 Å². The van der Waals surface area contributed by atoms with Crippen molar-refractivity contribution >= 4 is 29.1 Å². The van der Waals surface area contributed by atoms with Crippen LogP contribution in [0.2, 0.25) is 5.02 Å². The molecule has 0 spiro atoms. The van der Waals surface area contributed by atoms with Gasteiger partial charge in [0.15, 0.2) is 0 Å². The lowest BCUT2D eigenvalue weighted by atomic mass is 10.1. The first-order valence-corrected chi connectivity index (χ1v) is 11.6. The van der Waals surface area contributed by atoms with Crippen LogP contribution in [0.25, 0.3) is 11.5 Å². The number of halogens is 1. The van der Waals surface area contributed by atoms with E-state index in [1.54, 1.807) is 23.0 Å². The second-order valence-electron chi connectivity index (χ2n) is 8.76. The molecule has 2 amide bonds. The monoisotopic (exact) mass is 480 g/mol. The van der Waals surface area contributed by atoms with Crippen LogP contribution in [-0.2, 0) is 16.1 Å². The van der Waals surface area contributed by atoms with E-state index in [9.17, 15) is 9.59 Å². The Morgan fingerprint density at radius 2 is 2.03 bits per heavy atom. The number of carbonyl (C=O) groups is 2. The van der Waals surface area contributed by atoms with E-state index in [2.05, 4.69) is 10.2 Å². The summed E-state index contributed by atoms with van der Waals surface area (Å²) in [6, 6.07) is 13.1. The van der Waals surface area contributed by atoms with E-state index >= 15 is 0 Å². The molecule has 1 saturated carbocycles. The standard InChI is InChI=1S/C25H25ClN4O4/c1-15-7-10-21(33-2)20(11-15)30-13-16(12-23(30)31)25(32)29(17-8-9-17)14-22-27-28-24(34-22)18-5-3-4-6-19(18)26/h3-7,10-11,16-17H,8-9,12-14H2,1-2H3. The molecule has 1 aliphatic heterocycles. The van der Waals surface area contributed by atoms with E-state index in [-0.39, 0.29) is 30.8 Å². The third-order valence-electron chi connectivity index (χ3n) is 6.25. The molecule has 3 aromatic rings. The molecule has 2 fully saturated rings. The molecule has 176 valence electrons. The average molecular weight is 481 g/mol. The zero-order valence-electron chi connectivity index (χ0n) is 19.0. The van der Waals surface area contributed by atoms with Gasteiger partial charge in [-0.15, -0.1) is 10.2 Å². The van der Waals surface area contributed by atoms with Crippen LogP contribution >= 0.6 is 11.6 Å². The third-order valence-corrected chi connectivity index (χ3v) is 6.58. The van der Waals surface area contributed by atoms with Crippen molar-refractivity contribution in [2.45, 2.75) is 38.8 Å². The summed E-state index contributed by atoms with van der Waals surface area (Å²) in [7, 11) is 1.58. The number of benzene rings is 2. The molecule has 1 saturated heterocycles. The number of hydrogen-bond acceptors (Lipinski definition) is 6. The van der Waals surface area contributed by atoms with Gasteiger partial charge in [-0.3, -0.25) is 9.59 Å². The highest BCUT2D eigenvalue weighted by Gasteiger charge is 2.42. The summed E-state index contributed by atoms with van der Waals surface area (Å²) in [5, 5.41) is 8.77. The number of aromatic nitrogens is 2. The highest BCUT2D eigenvalue weighted by Crippen LogP contribution is 2.36. The number of aryl methyl sites for hydroxylation is 1. The average Bonchev–Trinajstić information content (AvgIpc) is 3.44. The van der Waals surface area contributed by atoms with Crippen LogP contribution < -0.4 is 9.64 Å². The van der Waals surface area contributed by atoms with E-state index in [0.717, 1.165) is 18.4 Å². The third kappa shape index (κ3) is 4.37. The van der Waals surface area contributed by atoms with Gasteiger partial charge in [-0.1, -0.05) is 29.8 Å². The van der Waals surface area contributed by atoms with Crippen molar-refractivity contribution in [3.63, 3.8) is 0 Å². The fourth-order valence-corrected chi connectivity index (χ4v) is 4.55. The highest BCUT2D eigenvalue weighted by atomic mass is 35.5. The Balaban J connectivity index is 1.33. The van der Waals surface area contributed by atoms with E-state index in [4.69, 9.17) is 20.8 Å². The predicted octanol–water partition coefficient (Wildman–Crippen LogP) is 4.25. The van der Waals surface area contributed by atoms with Gasteiger partial charge < -0.3 is 19.0 Å². The lowest BCUT2D eigenvalue weighted by Gasteiger charge is -2.24. The molecular weight excluding hydrogens is 456 g/mol. The normalized spacial score (nSPS) is 17.8. The number of nitrogens with zero attached hydrogens (tertiary/aromatic N) is 4. The fraction of sp³-hybridized carbons (Fsp3) is 0.360. The number of carbonyl (C=O) groups excluding carboxylic acids is 2. The van der Waals surface area contributed by atoms with Crippen molar-refractivity contribution in [1.29, 1.82) is 0 Å². The quantitative estimate of drug-likeness (QED) is 0.502. The minimum Gasteiger partial charge on any atom is -0.495 e. The van der Waals surface area contributed by atoms with E-state index < -0.39 is 5.92 Å². The zero-order chi connectivity index (χ0) is 23.8. The summed E-state index contributed by atoms with van der Waals surface area (Å²) in [5.41, 5.74) is 2.36. The molecule has 1 atom stereocenters. The van der Waals surface area contributed by atoms with Gasteiger partial charge in [-0.05, 0) is 49.6 Å².